The number of hydrogen-bond donors (Lipinski definition) is 0. The Morgan fingerprint density at radius 1 is 1.35 bits per heavy atom. The van der Waals surface area contributed by atoms with E-state index < -0.39 is 4.92 Å². The van der Waals surface area contributed by atoms with Crippen LogP contribution in [0.5, 0.6) is 0 Å². The van der Waals surface area contributed by atoms with Crippen molar-refractivity contribution in [2.24, 2.45) is 5.11 Å². The van der Waals surface area contributed by atoms with Crippen LogP contribution >= 0.6 is 0 Å². The second kappa shape index (κ2) is 6.23. The number of azide groups is 1. The summed E-state index contributed by atoms with van der Waals surface area (Å²) in [6.07, 6.45) is 0.964. The molecule has 8 heteroatoms. The highest BCUT2D eigenvalue weighted by atomic mass is 16.6. The van der Waals surface area contributed by atoms with Gasteiger partial charge in [0.1, 0.15) is 5.69 Å². The molecule has 0 bridgehead atoms. The van der Waals surface area contributed by atoms with E-state index in [-0.39, 0.29) is 11.4 Å². The average molecular weight is 276 g/mol. The zero-order valence-corrected chi connectivity index (χ0v) is 11.3. The molecular weight excluding hydrogens is 260 g/mol. The molecule has 1 aromatic rings. The molecule has 0 aromatic heterocycles. The van der Waals surface area contributed by atoms with Gasteiger partial charge in [0.05, 0.1) is 4.92 Å². The number of nitro groups is 1. The Bertz CT molecular complexity index is 555. The molecule has 0 spiro atoms. The lowest BCUT2D eigenvalue weighted by Gasteiger charge is -2.22. The minimum absolute atomic E-state index is 0.0144. The molecule has 1 aliphatic heterocycles. The maximum Gasteiger partial charge on any atom is 0.292 e. The molecule has 0 radical (unpaired) electrons. The van der Waals surface area contributed by atoms with Gasteiger partial charge in [0.25, 0.3) is 5.69 Å². The van der Waals surface area contributed by atoms with Crippen LogP contribution in [0.4, 0.5) is 17.1 Å². The zero-order chi connectivity index (χ0) is 14.5. The summed E-state index contributed by atoms with van der Waals surface area (Å²) in [5, 5.41) is 14.6. The third-order valence-electron chi connectivity index (χ3n) is 3.38. The van der Waals surface area contributed by atoms with E-state index in [0.29, 0.717) is 5.69 Å². The molecule has 106 valence electrons. The van der Waals surface area contributed by atoms with Crippen LogP contribution in [-0.2, 0) is 0 Å². The van der Waals surface area contributed by atoms with Crippen LogP contribution < -0.4 is 4.90 Å². The Labute approximate surface area is 116 Å². The van der Waals surface area contributed by atoms with Gasteiger partial charge in [-0.3, -0.25) is 10.1 Å². The quantitative estimate of drug-likeness (QED) is 0.278. The minimum atomic E-state index is -0.430. The number of rotatable bonds is 3. The topological polar surface area (TPSA) is 98.4 Å². The third-order valence-corrected chi connectivity index (χ3v) is 3.38. The number of likely N-dealkylation sites (N-methyl/N-ethyl adjacent to an activating group) is 1. The van der Waals surface area contributed by atoms with Gasteiger partial charge in [0, 0.05) is 36.3 Å². The predicted octanol–water partition coefficient (Wildman–Crippen LogP) is 2.68. The van der Waals surface area contributed by atoms with Crippen molar-refractivity contribution >= 4 is 17.1 Å². The second-order valence-electron chi connectivity index (χ2n) is 4.76. The van der Waals surface area contributed by atoms with Gasteiger partial charge in [-0.2, -0.15) is 0 Å². The maximum absolute atomic E-state index is 11.2. The zero-order valence-electron chi connectivity index (χ0n) is 11.3. The van der Waals surface area contributed by atoms with Crippen LogP contribution in [-0.4, -0.2) is 43.0 Å². The third kappa shape index (κ3) is 3.17. The van der Waals surface area contributed by atoms with Gasteiger partial charge in [0.2, 0.25) is 0 Å². The molecule has 1 fully saturated rings. The van der Waals surface area contributed by atoms with Crippen LogP contribution in [0.25, 0.3) is 10.4 Å². The fraction of sp³-hybridized carbons (Fsp3) is 0.500. The Morgan fingerprint density at radius 3 is 2.85 bits per heavy atom. The summed E-state index contributed by atoms with van der Waals surface area (Å²) in [6, 6.07) is 4.59. The highest BCUT2D eigenvalue weighted by Gasteiger charge is 2.21. The molecule has 8 nitrogen and oxygen atoms in total. The summed E-state index contributed by atoms with van der Waals surface area (Å²) in [5.74, 6) is 0. The van der Waals surface area contributed by atoms with Gasteiger partial charge in [0.15, 0.2) is 0 Å². The molecule has 1 heterocycles. The lowest BCUT2D eigenvalue weighted by molar-refractivity contribution is -0.384. The van der Waals surface area contributed by atoms with Crippen LogP contribution in [0.2, 0.25) is 0 Å². The van der Waals surface area contributed by atoms with Gasteiger partial charge in [-0.05, 0) is 31.6 Å². The smallest absolute Gasteiger partial charge is 0.292 e. The molecule has 0 atom stereocenters. The van der Waals surface area contributed by atoms with E-state index in [4.69, 9.17) is 5.53 Å². The standard InChI is InChI=1S/C12H16N6O2/c1-16-5-2-6-17(8-7-16)11-4-3-10(14-15-13)9-12(11)18(19)20/h3-4,9H,2,5-8H2,1H3. The molecule has 1 saturated heterocycles. The highest BCUT2D eigenvalue weighted by Crippen LogP contribution is 2.32. The fourth-order valence-corrected chi connectivity index (χ4v) is 2.33. The van der Waals surface area contributed by atoms with Crippen molar-refractivity contribution in [3.63, 3.8) is 0 Å². The molecule has 0 saturated carbocycles. The van der Waals surface area contributed by atoms with E-state index in [0.717, 1.165) is 32.6 Å². The van der Waals surface area contributed by atoms with Crippen molar-refractivity contribution in [3.05, 3.63) is 38.8 Å². The molecular formula is C12H16N6O2. The van der Waals surface area contributed by atoms with Crippen molar-refractivity contribution in [2.75, 3.05) is 38.1 Å². The predicted molar refractivity (Wildman–Crippen MR) is 76.2 cm³/mol. The summed E-state index contributed by atoms with van der Waals surface area (Å²) in [5.41, 5.74) is 9.24. The van der Waals surface area contributed by atoms with Crippen molar-refractivity contribution < 1.29 is 4.92 Å². The SMILES string of the molecule is CN1CCCN(c2ccc(N=[N+]=[N-])cc2[N+](=O)[O-])CC1. The molecule has 1 aliphatic rings. The van der Waals surface area contributed by atoms with Crippen LogP contribution in [0.1, 0.15) is 6.42 Å². The lowest BCUT2D eigenvalue weighted by Crippen LogP contribution is -2.29. The summed E-state index contributed by atoms with van der Waals surface area (Å²) in [7, 11) is 2.04. The van der Waals surface area contributed by atoms with E-state index in [1.807, 2.05) is 11.9 Å². The van der Waals surface area contributed by atoms with Gasteiger partial charge in [-0.1, -0.05) is 11.2 Å². The first-order valence-electron chi connectivity index (χ1n) is 6.39. The van der Waals surface area contributed by atoms with Gasteiger partial charge >= 0.3 is 0 Å². The van der Waals surface area contributed by atoms with E-state index in [9.17, 15) is 10.1 Å². The fourth-order valence-electron chi connectivity index (χ4n) is 2.33. The first-order chi connectivity index (χ1) is 9.61. The average Bonchev–Trinajstić information content (AvgIpc) is 2.64. The molecule has 0 aliphatic carbocycles. The molecule has 0 N–H and O–H groups in total. The van der Waals surface area contributed by atoms with Crippen LogP contribution in [0, 0.1) is 10.1 Å². The summed E-state index contributed by atoms with van der Waals surface area (Å²) in [6.45, 7) is 3.39. The number of anilines is 1. The number of nitrogens with zero attached hydrogens (tertiary/aromatic N) is 6. The monoisotopic (exact) mass is 276 g/mol. The Morgan fingerprint density at radius 2 is 2.15 bits per heavy atom. The van der Waals surface area contributed by atoms with E-state index in [2.05, 4.69) is 14.9 Å². The van der Waals surface area contributed by atoms with Crippen molar-refractivity contribution in [2.45, 2.75) is 6.42 Å². The highest BCUT2D eigenvalue weighted by molar-refractivity contribution is 5.68. The Hall–Kier alpha value is -2.31. The van der Waals surface area contributed by atoms with Crippen molar-refractivity contribution in [1.82, 2.24) is 4.90 Å². The second-order valence-corrected chi connectivity index (χ2v) is 4.76. The summed E-state index contributed by atoms with van der Waals surface area (Å²) >= 11 is 0. The number of benzene rings is 1. The van der Waals surface area contributed by atoms with Crippen LogP contribution in [0.15, 0.2) is 23.3 Å². The van der Waals surface area contributed by atoms with Gasteiger partial charge in [-0.15, -0.1) is 0 Å². The Kier molecular flexibility index (Phi) is 4.39. The van der Waals surface area contributed by atoms with Gasteiger partial charge < -0.3 is 9.80 Å². The number of hydrogen-bond acceptors (Lipinski definition) is 5. The van der Waals surface area contributed by atoms with E-state index in [1.54, 1.807) is 12.1 Å². The Balaban J connectivity index is 2.34. The first kappa shape index (κ1) is 14.1. The van der Waals surface area contributed by atoms with E-state index in [1.165, 1.54) is 6.07 Å². The van der Waals surface area contributed by atoms with E-state index >= 15 is 0 Å². The maximum atomic E-state index is 11.2. The van der Waals surface area contributed by atoms with Crippen molar-refractivity contribution in [3.8, 4) is 0 Å². The molecule has 0 amide bonds. The van der Waals surface area contributed by atoms with Gasteiger partial charge in [-0.25, -0.2) is 0 Å². The molecule has 20 heavy (non-hydrogen) atoms. The normalized spacial score (nSPS) is 16.4. The lowest BCUT2D eigenvalue weighted by atomic mass is 10.2. The summed E-state index contributed by atoms with van der Waals surface area (Å²) < 4.78 is 0. The minimum Gasteiger partial charge on any atom is -0.365 e. The molecule has 2 rings (SSSR count). The largest absolute Gasteiger partial charge is 0.365 e. The molecule has 1 aromatic carbocycles. The van der Waals surface area contributed by atoms with Crippen molar-refractivity contribution in [1.29, 1.82) is 0 Å². The summed E-state index contributed by atoms with van der Waals surface area (Å²) in [4.78, 5) is 17.7. The first-order valence-corrected chi connectivity index (χ1v) is 6.39. The number of nitro benzene ring substituents is 1. The van der Waals surface area contributed by atoms with Crippen LogP contribution in [0.3, 0.4) is 0 Å². The molecule has 0 unspecified atom stereocenters.